The lowest BCUT2D eigenvalue weighted by Crippen LogP contribution is -2.38. The fourth-order valence-corrected chi connectivity index (χ4v) is 2.57. The number of halogens is 1. The molecule has 0 aromatic heterocycles. The van der Waals surface area contributed by atoms with Gasteiger partial charge in [-0.25, -0.2) is 0 Å². The minimum Gasteiger partial charge on any atom is -0.492 e. The molecular formula is C16H27ClN2O. The van der Waals surface area contributed by atoms with Crippen molar-refractivity contribution in [3.05, 3.63) is 29.8 Å². The predicted molar refractivity (Wildman–Crippen MR) is 87.0 cm³/mol. The summed E-state index contributed by atoms with van der Waals surface area (Å²) in [6.07, 6.45) is 2.68. The van der Waals surface area contributed by atoms with Gasteiger partial charge in [0.25, 0.3) is 0 Å². The summed E-state index contributed by atoms with van der Waals surface area (Å²) < 4.78 is 5.76. The van der Waals surface area contributed by atoms with E-state index < -0.39 is 0 Å². The van der Waals surface area contributed by atoms with Crippen LogP contribution in [0, 0.1) is 12.8 Å². The Balaban J connectivity index is 0.00000200. The highest BCUT2D eigenvalue weighted by molar-refractivity contribution is 5.85. The molecule has 1 heterocycles. The number of nitrogens with one attached hydrogen (secondary N) is 1. The van der Waals surface area contributed by atoms with E-state index in [1.165, 1.54) is 38.0 Å². The third kappa shape index (κ3) is 6.12. The standard InChI is InChI=1S/C16H26N2O.ClH/c1-14-5-7-16(8-6-14)19-11-10-18(2)13-15-4-3-9-17-12-15;/h5-8,15,17H,3-4,9-13H2,1-2H3;1H. The van der Waals surface area contributed by atoms with Gasteiger partial charge in [-0.1, -0.05) is 17.7 Å². The minimum absolute atomic E-state index is 0. The van der Waals surface area contributed by atoms with Crippen molar-refractivity contribution in [3.63, 3.8) is 0 Å². The maximum absolute atomic E-state index is 5.76. The molecule has 1 aliphatic heterocycles. The lowest BCUT2D eigenvalue weighted by molar-refractivity contribution is 0.201. The van der Waals surface area contributed by atoms with Gasteiger partial charge < -0.3 is 15.0 Å². The highest BCUT2D eigenvalue weighted by Gasteiger charge is 2.14. The van der Waals surface area contributed by atoms with Crippen LogP contribution in [0.4, 0.5) is 0 Å². The molecule has 0 bridgehead atoms. The maximum Gasteiger partial charge on any atom is 0.119 e. The number of benzene rings is 1. The first-order chi connectivity index (χ1) is 9.24. The molecule has 1 fully saturated rings. The summed E-state index contributed by atoms with van der Waals surface area (Å²) in [6, 6.07) is 8.26. The number of nitrogens with zero attached hydrogens (tertiary/aromatic N) is 1. The molecule has 0 aliphatic carbocycles. The van der Waals surface area contributed by atoms with E-state index in [2.05, 4.69) is 36.3 Å². The minimum atomic E-state index is 0. The van der Waals surface area contributed by atoms with E-state index in [4.69, 9.17) is 4.74 Å². The van der Waals surface area contributed by atoms with Gasteiger partial charge in [-0.2, -0.15) is 0 Å². The second-order valence-electron chi connectivity index (χ2n) is 5.64. The van der Waals surface area contributed by atoms with Crippen LogP contribution in [0.2, 0.25) is 0 Å². The zero-order chi connectivity index (χ0) is 13.5. The summed E-state index contributed by atoms with van der Waals surface area (Å²) >= 11 is 0. The Labute approximate surface area is 129 Å². The Morgan fingerprint density at radius 3 is 2.70 bits per heavy atom. The van der Waals surface area contributed by atoms with Crippen molar-refractivity contribution >= 4 is 12.4 Å². The summed E-state index contributed by atoms with van der Waals surface area (Å²) in [5.41, 5.74) is 1.27. The Kier molecular flexibility index (Phi) is 7.97. The Morgan fingerprint density at radius 1 is 1.30 bits per heavy atom. The molecule has 1 unspecified atom stereocenters. The monoisotopic (exact) mass is 298 g/mol. The Bertz CT molecular complexity index is 363. The summed E-state index contributed by atoms with van der Waals surface area (Å²) in [7, 11) is 2.19. The Morgan fingerprint density at radius 2 is 2.05 bits per heavy atom. The topological polar surface area (TPSA) is 24.5 Å². The largest absolute Gasteiger partial charge is 0.492 e. The van der Waals surface area contributed by atoms with Gasteiger partial charge in [-0.3, -0.25) is 0 Å². The number of piperidine rings is 1. The van der Waals surface area contributed by atoms with E-state index in [-0.39, 0.29) is 12.4 Å². The lowest BCUT2D eigenvalue weighted by Gasteiger charge is -2.27. The molecule has 0 saturated carbocycles. The molecule has 20 heavy (non-hydrogen) atoms. The average Bonchev–Trinajstić information content (AvgIpc) is 2.42. The SMILES string of the molecule is Cc1ccc(OCCN(C)CC2CCCNC2)cc1.Cl. The van der Waals surface area contributed by atoms with Crippen LogP contribution in [-0.2, 0) is 0 Å². The highest BCUT2D eigenvalue weighted by Crippen LogP contribution is 2.12. The van der Waals surface area contributed by atoms with E-state index in [1.54, 1.807) is 0 Å². The molecule has 1 aromatic carbocycles. The molecule has 0 spiro atoms. The predicted octanol–water partition coefficient (Wildman–Crippen LogP) is 2.73. The summed E-state index contributed by atoms with van der Waals surface area (Å²) in [6.45, 7) is 7.38. The van der Waals surface area contributed by atoms with Crippen molar-refractivity contribution in [2.45, 2.75) is 19.8 Å². The molecule has 114 valence electrons. The van der Waals surface area contributed by atoms with Crippen molar-refractivity contribution in [1.82, 2.24) is 10.2 Å². The molecule has 1 aliphatic rings. The van der Waals surface area contributed by atoms with Crippen LogP contribution in [0.25, 0.3) is 0 Å². The van der Waals surface area contributed by atoms with Gasteiger partial charge in [0.05, 0.1) is 0 Å². The zero-order valence-corrected chi connectivity index (χ0v) is 13.4. The first-order valence-corrected chi connectivity index (χ1v) is 7.33. The van der Waals surface area contributed by atoms with Gasteiger partial charge in [0.15, 0.2) is 0 Å². The van der Waals surface area contributed by atoms with Crippen molar-refractivity contribution in [2.24, 2.45) is 5.92 Å². The van der Waals surface area contributed by atoms with Crippen molar-refractivity contribution in [3.8, 4) is 5.75 Å². The van der Waals surface area contributed by atoms with Crippen molar-refractivity contribution in [1.29, 1.82) is 0 Å². The van der Waals surface area contributed by atoms with Crippen LogP contribution >= 0.6 is 12.4 Å². The average molecular weight is 299 g/mol. The molecule has 3 nitrogen and oxygen atoms in total. The molecule has 1 saturated heterocycles. The maximum atomic E-state index is 5.76. The van der Waals surface area contributed by atoms with Crippen LogP contribution < -0.4 is 10.1 Å². The van der Waals surface area contributed by atoms with E-state index >= 15 is 0 Å². The third-order valence-corrected chi connectivity index (χ3v) is 3.73. The van der Waals surface area contributed by atoms with Crippen molar-refractivity contribution < 1.29 is 4.74 Å². The molecule has 0 radical (unpaired) electrons. The number of hydrogen-bond donors (Lipinski definition) is 1. The van der Waals surface area contributed by atoms with Gasteiger partial charge >= 0.3 is 0 Å². The summed E-state index contributed by atoms with van der Waals surface area (Å²) in [5, 5.41) is 3.47. The first kappa shape index (κ1) is 17.3. The van der Waals surface area contributed by atoms with Crippen molar-refractivity contribution in [2.75, 3.05) is 39.8 Å². The quantitative estimate of drug-likeness (QED) is 0.874. The van der Waals surface area contributed by atoms with E-state index in [1.807, 2.05) is 12.1 Å². The molecule has 0 amide bonds. The smallest absolute Gasteiger partial charge is 0.119 e. The number of likely N-dealkylation sites (N-methyl/N-ethyl adjacent to an activating group) is 1. The Hall–Kier alpha value is -0.770. The molecular weight excluding hydrogens is 272 g/mol. The van der Waals surface area contributed by atoms with E-state index in [0.717, 1.165) is 24.8 Å². The molecule has 1 aromatic rings. The summed E-state index contributed by atoms with van der Waals surface area (Å²) in [4.78, 5) is 2.38. The van der Waals surface area contributed by atoms with Gasteiger partial charge in [-0.05, 0) is 58.0 Å². The highest BCUT2D eigenvalue weighted by atomic mass is 35.5. The number of aryl methyl sites for hydroxylation is 1. The van der Waals surface area contributed by atoms with Crippen LogP contribution in [-0.4, -0.2) is 44.7 Å². The van der Waals surface area contributed by atoms with E-state index in [0.29, 0.717) is 0 Å². The van der Waals surface area contributed by atoms with Gasteiger partial charge in [0, 0.05) is 13.1 Å². The molecule has 2 rings (SSSR count). The molecule has 1 atom stereocenters. The van der Waals surface area contributed by atoms with Crippen LogP contribution in [0.3, 0.4) is 0 Å². The number of rotatable bonds is 6. The molecule has 1 N–H and O–H groups in total. The van der Waals surface area contributed by atoms with Gasteiger partial charge in [0.2, 0.25) is 0 Å². The third-order valence-electron chi connectivity index (χ3n) is 3.73. The fourth-order valence-electron chi connectivity index (χ4n) is 2.57. The van der Waals surface area contributed by atoms with Gasteiger partial charge in [-0.15, -0.1) is 12.4 Å². The van der Waals surface area contributed by atoms with Crippen LogP contribution in [0.15, 0.2) is 24.3 Å². The first-order valence-electron chi connectivity index (χ1n) is 7.33. The second-order valence-corrected chi connectivity index (χ2v) is 5.64. The zero-order valence-electron chi connectivity index (χ0n) is 12.6. The number of ether oxygens (including phenoxy) is 1. The van der Waals surface area contributed by atoms with Crippen LogP contribution in [0.5, 0.6) is 5.75 Å². The lowest BCUT2D eigenvalue weighted by atomic mass is 9.99. The fraction of sp³-hybridized carbons (Fsp3) is 0.625. The van der Waals surface area contributed by atoms with E-state index in [9.17, 15) is 0 Å². The van der Waals surface area contributed by atoms with Gasteiger partial charge in [0.1, 0.15) is 12.4 Å². The second kappa shape index (κ2) is 9.22. The normalized spacial score (nSPS) is 18.6. The molecule has 4 heteroatoms. The van der Waals surface area contributed by atoms with Crippen LogP contribution in [0.1, 0.15) is 18.4 Å². The number of hydrogen-bond acceptors (Lipinski definition) is 3. The summed E-state index contributed by atoms with van der Waals surface area (Å²) in [5.74, 6) is 1.77.